The molecule has 1 fully saturated rings. The molecule has 0 radical (unpaired) electrons. The summed E-state index contributed by atoms with van der Waals surface area (Å²) in [4.78, 5) is 27.7. The van der Waals surface area contributed by atoms with Gasteiger partial charge in [0.25, 0.3) is 5.78 Å². The van der Waals surface area contributed by atoms with Crippen molar-refractivity contribution in [1.82, 2.24) is 4.90 Å². The largest absolute Gasteiger partial charge is 0.300 e. The van der Waals surface area contributed by atoms with Gasteiger partial charge in [0.05, 0.1) is 17.9 Å². The summed E-state index contributed by atoms with van der Waals surface area (Å²) >= 11 is 3.43. The molecular formula is C13H13BrN2O2. The van der Waals surface area contributed by atoms with E-state index in [2.05, 4.69) is 20.8 Å². The zero-order valence-electron chi connectivity index (χ0n) is 9.86. The number of ketones is 1. The Labute approximate surface area is 114 Å². The number of carbonyl (C=O) groups excluding carboxylic acids is 2. The van der Waals surface area contributed by atoms with Crippen LogP contribution in [-0.2, 0) is 4.79 Å². The second-order valence-electron chi connectivity index (χ2n) is 4.66. The highest BCUT2D eigenvalue weighted by Gasteiger charge is 2.38. The Hall–Kier alpha value is -1.20. The van der Waals surface area contributed by atoms with Crippen molar-refractivity contribution in [3.63, 3.8) is 0 Å². The Balaban J connectivity index is 1.96. The lowest BCUT2D eigenvalue weighted by Crippen LogP contribution is -2.39. The zero-order valence-corrected chi connectivity index (χ0v) is 11.4. The number of amides is 1. The Kier molecular flexibility index (Phi) is 2.95. The van der Waals surface area contributed by atoms with E-state index in [1.807, 2.05) is 6.07 Å². The highest BCUT2D eigenvalue weighted by molar-refractivity contribution is 9.10. The van der Waals surface area contributed by atoms with E-state index in [0.29, 0.717) is 12.2 Å². The van der Waals surface area contributed by atoms with Crippen LogP contribution in [0.4, 0.5) is 5.69 Å². The Bertz CT molecular complexity index is 524. The first-order valence-corrected chi connectivity index (χ1v) is 6.85. The molecular weight excluding hydrogens is 296 g/mol. The Morgan fingerprint density at radius 2 is 1.89 bits per heavy atom. The summed E-state index contributed by atoms with van der Waals surface area (Å²) < 4.78 is 0.804. The fourth-order valence-electron chi connectivity index (χ4n) is 2.57. The highest BCUT2D eigenvalue weighted by atomic mass is 79.9. The molecule has 94 valence electrons. The Morgan fingerprint density at radius 1 is 1.17 bits per heavy atom. The fourth-order valence-corrected chi connectivity index (χ4v) is 3.15. The molecule has 3 rings (SSSR count). The normalized spacial score (nSPS) is 19.7. The van der Waals surface area contributed by atoms with Gasteiger partial charge >= 0.3 is 5.91 Å². The van der Waals surface area contributed by atoms with Gasteiger partial charge in [-0.15, -0.1) is 0 Å². The van der Waals surface area contributed by atoms with Crippen LogP contribution in [0.1, 0.15) is 23.2 Å². The number of benzene rings is 1. The van der Waals surface area contributed by atoms with Crippen LogP contribution in [0.2, 0.25) is 0 Å². The van der Waals surface area contributed by atoms with Crippen LogP contribution in [0.5, 0.6) is 0 Å². The lowest BCUT2D eigenvalue weighted by atomic mass is 10.1. The third kappa shape index (κ3) is 1.78. The molecule has 0 N–H and O–H groups in total. The van der Waals surface area contributed by atoms with Gasteiger partial charge in [-0.05, 0) is 54.0 Å². The summed E-state index contributed by atoms with van der Waals surface area (Å²) in [5.74, 6) is -0.811. The standard InChI is InChI=1S/C13H13BrN2O2/c14-10-5-3-4-9-11(10)16(13(18)12(9)17)8-15-6-1-2-7-15/h3-5H,1-2,6-8H2. The van der Waals surface area contributed by atoms with Crippen molar-refractivity contribution in [2.75, 3.05) is 24.7 Å². The van der Waals surface area contributed by atoms with Gasteiger partial charge in [-0.2, -0.15) is 0 Å². The van der Waals surface area contributed by atoms with Crippen molar-refractivity contribution in [2.24, 2.45) is 0 Å². The van der Waals surface area contributed by atoms with Gasteiger partial charge in [-0.1, -0.05) is 6.07 Å². The molecule has 1 saturated heterocycles. The van der Waals surface area contributed by atoms with E-state index >= 15 is 0 Å². The molecule has 4 nitrogen and oxygen atoms in total. The van der Waals surface area contributed by atoms with E-state index in [0.717, 1.165) is 23.2 Å². The van der Waals surface area contributed by atoms with Crippen LogP contribution in [0, 0.1) is 0 Å². The molecule has 0 aromatic heterocycles. The maximum atomic E-state index is 12.0. The molecule has 2 heterocycles. The number of hydrogen-bond donors (Lipinski definition) is 0. The number of likely N-dealkylation sites (tertiary alicyclic amines) is 1. The second kappa shape index (κ2) is 4.48. The minimum atomic E-state index is -0.413. The molecule has 0 spiro atoms. The molecule has 0 aliphatic carbocycles. The van der Waals surface area contributed by atoms with Crippen LogP contribution < -0.4 is 4.90 Å². The SMILES string of the molecule is O=C1C(=O)N(CN2CCCC2)c2c(Br)cccc21. The fraction of sp³-hybridized carbons (Fsp3) is 0.385. The van der Waals surface area contributed by atoms with Gasteiger partial charge in [-0.3, -0.25) is 19.4 Å². The number of halogens is 1. The van der Waals surface area contributed by atoms with E-state index < -0.39 is 11.7 Å². The average Bonchev–Trinajstić information content (AvgIpc) is 2.94. The van der Waals surface area contributed by atoms with E-state index in [9.17, 15) is 9.59 Å². The number of hydrogen-bond acceptors (Lipinski definition) is 3. The monoisotopic (exact) mass is 308 g/mol. The van der Waals surface area contributed by atoms with Crippen LogP contribution in [0.3, 0.4) is 0 Å². The average molecular weight is 309 g/mol. The minimum Gasteiger partial charge on any atom is -0.290 e. The van der Waals surface area contributed by atoms with Gasteiger partial charge in [-0.25, -0.2) is 0 Å². The Morgan fingerprint density at radius 3 is 2.61 bits per heavy atom. The molecule has 18 heavy (non-hydrogen) atoms. The first-order valence-electron chi connectivity index (χ1n) is 6.05. The van der Waals surface area contributed by atoms with Crippen molar-refractivity contribution in [3.05, 3.63) is 28.2 Å². The molecule has 0 unspecified atom stereocenters. The van der Waals surface area contributed by atoms with Gasteiger partial charge in [0.1, 0.15) is 0 Å². The summed E-state index contributed by atoms with van der Waals surface area (Å²) in [7, 11) is 0. The van der Waals surface area contributed by atoms with Gasteiger partial charge in [0, 0.05) is 4.47 Å². The number of anilines is 1. The smallest absolute Gasteiger partial charge is 0.290 e. The topological polar surface area (TPSA) is 40.6 Å². The summed E-state index contributed by atoms with van der Waals surface area (Å²) in [5.41, 5.74) is 1.23. The van der Waals surface area contributed by atoms with Gasteiger partial charge in [0.15, 0.2) is 0 Å². The number of fused-ring (bicyclic) bond motifs is 1. The molecule has 2 aliphatic heterocycles. The predicted molar refractivity (Wildman–Crippen MR) is 71.6 cm³/mol. The van der Waals surface area contributed by atoms with Gasteiger partial charge in [0.2, 0.25) is 0 Å². The van der Waals surface area contributed by atoms with Crippen molar-refractivity contribution in [2.45, 2.75) is 12.8 Å². The van der Waals surface area contributed by atoms with Crippen molar-refractivity contribution < 1.29 is 9.59 Å². The molecule has 0 saturated carbocycles. The summed E-state index contributed by atoms with van der Waals surface area (Å²) in [6.45, 7) is 2.51. The highest BCUT2D eigenvalue weighted by Crippen LogP contribution is 2.36. The van der Waals surface area contributed by atoms with Crippen molar-refractivity contribution >= 4 is 33.3 Å². The number of rotatable bonds is 2. The molecule has 5 heteroatoms. The molecule has 2 aliphatic rings. The van der Waals surface area contributed by atoms with E-state index in [-0.39, 0.29) is 0 Å². The maximum absolute atomic E-state index is 12.0. The van der Waals surface area contributed by atoms with E-state index in [1.54, 1.807) is 17.0 Å². The lowest BCUT2D eigenvalue weighted by molar-refractivity contribution is -0.114. The van der Waals surface area contributed by atoms with E-state index in [4.69, 9.17) is 0 Å². The lowest BCUT2D eigenvalue weighted by Gasteiger charge is -2.24. The third-order valence-corrected chi connectivity index (χ3v) is 4.12. The summed E-state index contributed by atoms with van der Waals surface area (Å²) in [5, 5.41) is 0. The molecule has 1 amide bonds. The van der Waals surface area contributed by atoms with Gasteiger partial charge < -0.3 is 0 Å². The van der Waals surface area contributed by atoms with Crippen molar-refractivity contribution in [3.8, 4) is 0 Å². The quantitative estimate of drug-likeness (QED) is 0.785. The summed E-state index contributed by atoms with van der Waals surface area (Å²) in [6, 6.07) is 5.36. The number of nitrogens with zero attached hydrogens (tertiary/aromatic N) is 2. The van der Waals surface area contributed by atoms with Crippen LogP contribution in [0.25, 0.3) is 0 Å². The van der Waals surface area contributed by atoms with Crippen LogP contribution >= 0.6 is 15.9 Å². The first kappa shape index (κ1) is 11.9. The maximum Gasteiger partial charge on any atom is 0.300 e. The second-order valence-corrected chi connectivity index (χ2v) is 5.52. The predicted octanol–water partition coefficient (Wildman–Crippen LogP) is 2.03. The number of carbonyl (C=O) groups is 2. The van der Waals surface area contributed by atoms with Crippen LogP contribution in [-0.4, -0.2) is 36.3 Å². The first-order chi connectivity index (χ1) is 8.68. The van der Waals surface area contributed by atoms with E-state index in [1.165, 1.54) is 12.8 Å². The molecule has 1 aromatic carbocycles. The summed E-state index contributed by atoms with van der Waals surface area (Å²) in [6.07, 6.45) is 2.33. The molecule has 1 aromatic rings. The van der Waals surface area contributed by atoms with Crippen molar-refractivity contribution in [1.29, 1.82) is 0 Å². The molecule has 0 atom stereocenters. The number of Topliss-reactive ketones (excluding diaryl/α,β-unsaturated/α-hetero) is 1. The minimum absolute atomic E-state index is 0.398. The third-order valence-electron chi connectivity index (χ3n) is 3.48. The number of para-hydroxylation sites is 1. The van der Waals surface area contributed by atoms with Crippen LogP contribution in [0.15, 0.2) is 22.7 Å². The zero-order chi connectivity index (χ0) is 12.7. The molecule has 0 bridgehead atoms.